The largest absolute Gasteiger partial charge is 0.384 e. The van der Waals surface area contributed by atoms with Crippen molar-refractivity contribution in [2.75, 3.05) is 26.9 Å². The molecule has 0 spiro atoms. The van der Waals surface area contributed by atoms with Crippen LogP contribution in [0.5, 0.6) is 0 Å². The number of nitrogens with one attached hydrogen (secondary N) is 1. The van der Waals surface area contributed by atoms with Crippen LogP contribution in [0.15, 0.2) is 18.2 Å². The molecule has 4 nitrogen and oxygen atoms in total. The Bertz CT molecular complexity index is 514. The zero-order valence-corrected chi connectivity index (χ0v) is 12.2. The maximum atomic E-state index is 12.1. The molecular formula is C16H21NO3. The Morgan fingerprint density at radius 1 is 1.45 bits per heavy atom. The van der Waals surface area contributed by atoms with E-state index in [-0.39, 0.29) is 18.4 Å². The van der Waals surface area contributed by atoms with Gasteiger partial charge in [-0.05, 0) is 36.6 Å². The molecule has 1 rings (SSSR count). The summed E-state index contributed by atoms with van der Waals surface area (Å²) in [6.45, 7) is 4.91. The molecule has 0 aliphatic heterocycles. The molecular weight excluding hydrogens is 254 g/mol. The third kappa shape index (κ3) is 5.43. The monoisotopic (exact) mass is 275 g/mol. The Morgan fingerprint density at radius 3 is 2.85 bits per heavy atom. The van der Waals surface area contributed by atoms with Gasteiger partial charge in [-0.1, -0.05) is 18.8 Å². The number of rotatable bonds is 5. The Hall–Kier alpha value is -1.83. The topological polar surface area (TPSA) is 58.6 Å². The summed E-state index contributed by atoms with van der Waals surface area (Å²) >= 11 is 0. The number of aliphatic hydroxyl groups is 1. The molecule has 1 amide bonds. The van der Waals surface area contributed by atoms with Gasteiger partial charge in [0.1, 0.15) is 6.61 Å². The van der Waals surface area contributed by atoms with Crippen LogP contribution in [0, 0.1) is 24.7 Å². The van der Waals surface area contributed by atoms with E-state index in [1.54, 1.807) is 13.2 Å². The minimum Gasteiger partial charge on any atom is -0.384 e. The first kappa shape index (κ1) is 16.2. The highest BCUT2D eigenvalue weighted by Crippen LogP contribution is 2.09. The molecule has 0 saturated carbocycles. The zero-order valence-electron chi connectivity index (χ0n) is 12.2. The van der Waals surface area contributed by atoms with Crippen molar-refractivity contribution >= 4 is 5.91 Å². The van der Waals surface area contributed by atoms with Crippen molar-refractivity contribution in [3.05, 3.63) is 34.9 Å². The fourth-order valence-electron chi connectivity index (χ4n) is 1.84. The normalized spacial score (nSPS) is 11.4. The van der Waals surface area contributed by atoms with E-state index in [1.807, 2.05) is 26.0 Å². The second kappa shape index (κ2) is 8.36. The van der Waals surface area contributed by atoms with Gasteiger partial charge in [0.15, 0.2) is 0 Å². The van der Waals surface area contributed by atoms with Crippen molar-refractivity contribution in [2.45, 2.75) is 13.8 Å². The number of amides is 1. The molecule has 0 saturated heterocycles. The minimum absolute atomic E-state index is 0.122. The maximum absolute atomic E-state index is 12.1. The molecule has 1 aromatic rings. The highest BCUT2D eigenvalue weighted by molar-refractivity contribution is 5.94. The molecule has 2 N–H and O–H groups in total. The highest BCUT2D eigenvalue weighted by atomic mass is 16.5. The predicted molar refractivity (Wildman–Crippen MR) is 78.5 cm³/mol. The fraction of sp³-hybridized carbons (Fsp3) is 0.438. The molecule has 0 aliphatic rings. The molecule has 0 heterocycles. The first-order valence-electron chi connectivity index (χ1n) is 6.55. The minimum atomic E-state index is -0.190. The van der Waals surface area contributed by atoms with Gasteiger partial charge in [-0.2, -0.15) is 0 Å². The summed E-state index contributed by atoms with van der Waals surface area (Å²) in [6, 6.07) is 5.43. The van der Waals surface area contributed by atoms with Crippen molar-refractivity contribution in [1.82, 2.24) is 5.32 Å². The molecule has 4 heteroatoms. The summed E-state index contributed by atoms with van der Waals surface area (Å²) in [7, 11) is 1.64. The first-order valence-corrected chi connectivity index (χ1v) is 6.55. The maximum Gasteiger partial charge on any atom is 0.251 e. The number of ether oxygens (including phenoxy) is 1. The van der Waals surface area contributed by atoms with Gasteiger partial charge in [-0.3, -0.25) is 4.79 Å². The van der Waals surface area contributed by atoms with E-state index >= 15 is 0 Å². The summed E-state index contributed by atoms with van der Waals surface area (Å²) in [5.41, 5.74) is 2.27. The van der Waals surface area contributed by atoms with Crippen molar-refractivity contribution in [3.8, 4) is 11.8 Å². The Labute approximate surface area is 120 Å². The third-order valence-electron chi connectivity index (χ3n) is 2.71. The Morgan fingerprint density at radius 2 is 2.20 bits per heavy atom. The van der Waals surface area contributed by atoms with E-state index in [4.69, 9.17) is 9.84 Å². The quantitative estimate of drug-likeness (QED) is 0.798. The van der Waals surface area contributed by atoms with Gasteiger partial charge < -0.3 is 15.2 Å². The second-order valence-corrected chi connectivity index (χ2v) is 4.82. The van der Waals surface area contributed by atoms with E-state index in [2.05, 4.69) is 17.2 Å². The summed E-state index contributed by atoms with van der Waals surface area (Å²) in [6.07, 6.45) is 0. The molecule has 1 aromatic carbocycles. The van der Waals surface area contributed by atoms with E-state index in [0.29, 0.717) is 18.7 Å². The van der Waals surface area contributed by atoms with Gasteiger partial charge >= 0.3 is 0 Å². The van der Waals surface area contributed by atoms with Gasteiger partial charge in [0.05, 0.1) is 6.61 Å². The van der Waals surface area contributed by atoms with Gasteiger partial charge in [-0.25, -0.2) is 0 Å². The number of aliphatic hydroxyl groups excluding tert-OH is 1. The van der Waals surface area contributed by atoms with Gasteiger partial charge in [-0.15, -0.1) is 0 Å². The average molecular weight is 275 g/mol. The van der Waals surface area contributed by atoms with Gasteiger partial charge in [0.25, 0.3) is 5.91 Å². The third-order valence-corrected chi connectivity index (χ3v) is 2.71. The fourth-order valence-corrected chi connectivity index (χ4v) is 1.84. The van der Waals surface area contributed by atoms with E-state index in [9.17, 15) is 4.79 Å². The van der Waals surface area contributed by atoms with Gasteiger partial charge in [0, 0.05) is 24.8 Å². The van der Waals surface area contributed by atoms with E-state index < -0.39 is 0 Å². The summed E-state index contributed by atoms with van der Waals surface area (Å²) in [5.74, 6) is 5.54. The van der Waals surface area contributed by atoms with E-state index in [0.717, 1.165) is 11.1 Å². The summed E-state index contributed by atoms with van der Waals surface area (Å²) < 4.78 is 5.03. The van der Waals surface area contributed by atoms with Crippen molar-refractivity contribution in [1.29, 1.82) is 0 Å². The van der Waals surface area contributed by atoms with Crippen LogP contribution in [0.1, 0.15) is 28.4 Å². The van der Waals surface area contributed by atoms with Crippen LogP contribution in [0.2, 0.25) is 0 Å². The molecule has 108 valence electrons. The second-order valence-electron chi connectivity index (χ2n) is 4.82. The number of hydrogen-bond donors (Lipinski definition) is 2. The number of carbonyl (C=O) groups excluding carboxylic acids is 1. The number of benzene rings is 1. The van der Waals surface area contributed by atoms with Crippen molar-refractivity contribution < 1.29 is 14.6 Å². The lowest BCUT2D eigenvalue weighted by Crippen LogP contribution is -2.30. The molecule has 1 unspecified atom stereocenters. The lowest BCUT2D eigenvalue weighted by molar-refractivity contribution is 0.0934. The van der Waals surface area contributed by atoms with Crippen molar-refractivity contribution in [2.24, 2.45) is 5.92 Å². The summed E-state index contributed by atoms with van der Waals surface area (Å²) in [4.78, 5) is 12.1. The highest BCUT2D eigenvalue weighted by Gasteiger charge is 2.09. The van der Waals surface area contributed by atoms with Crippen molar-refractivity contribution in [3.63, 3.8) is 0 Å². The zero-order chi connectivity index (χ0) is 15.0. The molecule has 0 fully saturated rings. The molecule has 0 aromatic heterocycles. The van der Waals surface area contributed by atoms with Crippen LogP contribution in [0.3, 0.4) is 0 Å². The number of carbonyl (C=O) groups is 1. The Balaban J connectivity index is 2.75. The molecule has 1 atom stereocenters. The molecule has 0 bridgehead atoms. The lowest BCUT2D eigenvalue weighted by Gasteiger charge is -2.12. The van der Waals surface area contributed by atoms with Crippen LogP contribution in [-0.4, -0.2) is 37.9 Å². The molecule has 0 aliphatic carbocycles. The smallest absolute Gasteiger partial charge is 0.251 e. The number of hydrogen-bond acceptors (Lipinski definition) is 3. The predicted octanol–water partition coefficient (Wildman–Crippen LogP) is 1.35. The molecule has 0 radical (unpaired) electrons. The van der Waals surface area contributed by atoms with Gasteiger partial charge in [0.2, 0.25) is 0 Å². The standard InChI is InChI=1S/C16H21NO3/c1-12-7-14(5-4-6-18)9-15(8-12)16(19)17-10-13(2)11-20-3/h7-9,13,18H,6,10-11H2,1-3H3,(H,17,19). The van der Waals surface area contributed by atoms with Crippen LogP contribution in [-0.2, 0) is 4.74 Å². The number of methoxy groups -OCH3 is 1. The summed E-state index contributed by atoms with van der Waals surface area (Å²) in [5, 5.41) is 11.6. The number of aryl methyl sites for hydroxylation is 1. The lowest BCUT2D eigenvalue weighted by atomic mass is 10.1. The first-order chi connectivity index (χ1) is 9.56. The van der Waals surface area contributed by atoms with Crippen LogP contribution >= 0.6 is 0 Å². The Kier molecular flexibility index (Phi) is 6.78. The van der Waals surface area contributed by atoms with E-state index in [1.165, 1.54) is 0 Å². The SMILES string of the molecule is COCC(C)CNC(=O)c1cc(C)cc(C#CCO)c1. The average Bonchev–Trinajstić information content (AvgIpc) is 2.42. The molecule has 20 heavy (non-hydrogen) atoms. The van der Waals surface area contributed by atoms with Crippen LogP contribution in [0.25, 0.3) is 0 Å². The van der Waals surface area contributed by atoms with Crippen LogP contribution in [0.4, 0.5) is 0 Å². The van der Waals surface area contributed by atoms with Crippen LogP contribution < -0.4 is 5.32 Å².